The monoisotopic (exact) mass is 254 g/mol. The normalized spacial score (nSPS) is 11.1. The van der Waals surface area contributed by atoms with Crippen LogP contribution in [0.1, 0.15) is 23.7 Å². The third-order valence-corrected chi connectivity index (χ3v) is 2.91. The molecule has 1 amide bonds. The second-order valence-corrected chi connectivity index (χ2v) is 3.98. The van der Waals surface area contributed by atoms with Crippen molar-refractivity contribution in [1.82, 2.24) is 10.3 Å². The number of nitrogens with zero attached hydrogens (tertiary/aromatic N) is 1. The molecule has 1 rings (SSSR count). The first-order valence-corrected chi connectivity index (χ1v) is 5.64. The van der Waals surface area contributed by atoms with Crippen molar-refractivity contribution in [3.8, 4) is 5.75 Å². The number of hydrogen-bond donors (Lipinski definition) is 3. The van der Waals surface area contributed by atoms with Gasteiger partial charge in [0.2, 0.25) is 0 Å². The van der Waals surface area contributed by atoms with Gasteiger partial charge in [-0.25, -0.2) is 0 Å². The first-order chi connectivity index (χ1) is 8.62. The maximum absolute atomic E-state index is 12.1. The van der Waals surface area contributed by atoms with Crippen molar-refractivity contribution < 1.29 is 19.7 Å². The standard InChI is InChI=1S/C12H18N2O4/c1-3-12(7-15,8-16)14-11(17)9-4-5-13-6-10(9)18-2/h4-6,15-16H,3,7-8H2,1-2H3,(H,14,17). The highest BCUT2D eigenvalue weighted by molar-refractivity contribution is 5.97. The molecule has 0 aliphatic heterocycles. The van der Waals surface area contributed by atoms with E-state index in [9.17, 15) is 15.0 Å². The molecule has 0 aromatic carbocycles. The van der Waals surface area contributed by atoms with Gasteiger partial charge in [-0.2, -0.15) is 0 Å². The number of ether oxygens (including phenoxy) is 1. The van der Waals surface area contributed by atoms with Crippen LogP contribution in [0.4, 0.5) is 0 Å². The van der Waals surface area contributed by atoms with Gasteiger partial charge >= 0.3 is 0 Å². The smallest absolute Gasteiger partial charge is 0.255 e. The Morgan fingerprint density at radius 2 is 2.17 bits per heavy atom. The summed E-state index contributed by atoms with van der Waals surface area (Å²) in [6, 6.07) is 1.52. The van der Waals surface area contributed by atoms with Gasteiger partial charge in [-0.05, 0) is 12.5 Å². The minimum atomic E-state index is -1.02. The van der Waals surface area contributed by atoms with E-state index in [1.165, 1.54) is 25.6 Å². The molecular weight excluding hydrogens is 236 g/mol. The zero-order chi connectivity index (χ0) is 13.6. The largest absolute Gasteiger partial charge is 0.494 e. The molecule has 0 saturated carbocycles. The van der Waals surface area contributed by atoms with Crippen molar-refractivity contribution in [3.05, 3.63) is 24.0 Å². The lowest BCUT2D eigenvalue weighted by Crippen LogP contribution is -2.53. The highest BCUT2D eigenvalue weighted by atomic mass is 16.5. The average Bonchev–Trinajstić information content (AvgIpc) is 2.44. The lowest BCUT2D eigenvalue weighted by atomic mass is 9.98. The molecule has 0 bridgehead atoms. The third-order valence-electron chi connectivity index (χ3n) is 2.91. The maximum Gasteiger partial charge on any atom is 0.255 e. The predicted molar refractivity (Wildman–Crippen MR) is 65.4 cm³/mol. The van der Waals surface area contributed by atoms with Crippen LogP contribution in [0, 0.1) is 0 Å². The number of aliphatic hydroxyl groups is 2. The van der Waals surface area contributed by atoms with Crippen LogP contribution in [0.15, 0.2) is 18.5 Å². The number of aliphatic hydroxyl groups excluding tert-OH is 2. The van der Waals surface area contributed by atoms with E-state index >= 15 is 0 Å². The average molecular weight is 254 g/mol. The Bertz CT molecular complexity index is 397. The van der Waals surface area contributed by atoms with Gasteiger partial charge in [0.15, 0.2) is 0 Å². The summed E-state index contributed by atoms with van der Waals surface area (Å²) in [7, 11) is 1.44. The number of amides is 1. The quantitative estimate of drug-likeness (QED) is 0.662. The van der Waals surface area contributed by atoms with Crippen LogP contribution >= 0.6 is 0 Å². The summed E-state index contributed by atoms with van der Waals surface area (Å²) in [6.45, 7) is 1.11. The highest BCUT2D eigenvalue weighted by Crippen LogP contribution is 2.17. The Morgan fingerprint density at radius 1 is 1.50 bits per heavy atom. The second kappa shape index (κ2) is 6.32. The number of nitrogens with one attached hydrogen (secondary N) is 1. The van der Waals surface area contributed by atoms with E-state index in [0.29, 0.717) is 17.7 Å². The molecule has 0 atom stereocenters. The first-order valence-electron chi connectivity index (χ1n) is 5.64. The summed E-state index contributed by atoms with van der Waals surface area (Å²) < 4.78 is 5.03. The Hall–Kier alpha value is -1.66. The van der Waals surface area contributed by atoms with Gasteiger partial charge in [0.25, 0.3) is 5.91 Å². The molecule has 18 heavy (non-hydrogen) atoms. The van der Waals surface area contributed by atoms with E-state index in [1.807, 2.05) is 0 Å². The zero-order valence-corrected chi connectivity index (χ0v) is 10.5. The predicted octanol–water partition coefficient (Wildman–Crippen LogP) is -0.0466. The second-order valence-electron chi connectivity index (χ2n) is 3.98. The molecule has 100 valence electrons. The van der Waals surface area contributed by atoms with Crippen LogP contribution < -0.4 is 10.1 Å². The van der Waals surface area contributed by atoms with Gasteiger partial charge in [0, 0.05) is 6.20 Å². The summed E-state index contributed by atoms with van der Waals surface area (Å²) in [6.07, 6.45) is 3.32. The molecule has 0 saturated heterocycles. The lowest BCUT2D eigenvalue weighted by molar-refractivity contribution is 0.0650. The number of carbonyl (C=O) groups excluding carboxylic acids is 1. The molecule has 0 spiro atoms. The minimum absolute atomic E-state index is 0.312. The van der Waals surface area contributed by atoms with Gasteiger partial charge in [-0.15, -0.1) is 0 Å². The van der Waals surface area contributed by atoms with Gasteiger partial charge < -0.3 is 20.3 Å². The van der Waals surface area contributed by atoms with Crippen LogP contribution in [0.3, 0.4) is 0 Å². The highest BCUT2D eigenvalue weighted by Gasteiger charge is 2.29. The number of hydrogen-bond acceptors (Lipinski definition) is 5. The molecule has 3 N–H and O–H groups in total. The SMILES string of the molecule is CCC(CO)(CO)NC(=O)c1ccncc1OC. The summed E-state index contributed by atoms with van der Waals surface area (Å²) in [5, 5.41) is 21.2. The van der Waals surface area contributed by atoms with E-state index in [0.717, 1.165) is 0 Å². The van der Waals surface area contributed by atoms with Gasteiger partial charge in [-0.1, -0.05) is 6.92 Å². The van der Waals surface area contributed by atoms with E-state index < -0.39 is 11.4 Å². The molecule has 0 radical (unpaired) electrons. The molecule has 1 aromatic rings. The topological polar surface area (TPSA) is 91.7 Å². The summed E-state index contributed by atoms with van der Waals surface area (Å²) >= 11 is 0. The Kier molecular flexibility index (Phi) is 5.06. The number of pyridine rings is 1. The summed E-state index contributed by atoms with van der Waals surface area (Å²) in [5.74, 6) is -0.0740. The Morgan fingerprint density at radius 3 is 2.67 bits per heavy atom. The molecule has 6 nitrogen and oxygen atoms in total. The van der Waals surface area contributed by atoms with E-state index in [4.69, 9.17) is 4.74 Å². The fraction of sp³-hybridized carbons (Fsp3) is 0.500. The molecule has 1 heterocycles. The minimum Gasteiger partial charge on any atom is -0.494 e. The third kappa shape index (κ3) is 2.96. The Labute approximate surface area is 106 Å². The first kappa shape index (κ1) is 14.4. The van der Waals surface area contributed by atoms with Crippen molar-refractivity contribution in [2.24, 2.45) is 0 Å². The van der Waals surface area contributed by atoms with Crippen molar-refractivity contribution in [2.45, 2.75) is 18.9 Å². The van der Waals surface area contributed by atoms with Crippen LogP contribution in [-0.4, -0.2) is 47.0 Å². The van der Waals surface area contributed by atoms with E-state index in [2.05, 4.69) is 10.3 Å². The molecule has 0 fully saturated rings. The van der Waals surface area contributed by atoms with Crippen molar-refractivity contribution in [1.29, 1.82) is 0 Å². The van der Waals surface area contributed by atoms with Gasteiger partial charge in [0.05, 0.1) is 37.6 Å². The molecule has 0 aliphatic carbocycles. The Balaban J connectivity index is 2.94. The lowest BCUT2D eigenvalue weighted by Gasteiger charge is -2.29. The van der Waals surface area contributed by atoms with E-state index in [1.54, 1.807) is 6.92 Å². The van der Waals surface area contributed by atoms with Crippen molar-refractivity contribution in [3.63, 3.8) is 0 Å². The van der Waals surface area contributed by atoms with Crippen molar-refractivity contribution >= 4 is 5.91 Å². The molecule has 0 aliphatic rings. The van der Waals surface area contributed by atoms with E-state index in [-0.39, 0.29) is 13.2 Å². The van der Waals surface area contributed by atoms with Crippen LogP contribution in [-0.2, 0) is 0 Å². The molecule has 0 unspecified atom stereocenters. The van der Waals surface area contributed by atoms with Crippen LogP contribution in [0.25, 0.3) is 0 Å². The fourth-order valence-electron chi connectivity index (χ4n) is 1.48. The fourth-order valence-corrected chi connectivity index (χ4v) is 1.48. The van der Waals surface area contributed by atoms with Gasteiger partial charge in [0.1, 0.15) is 5.75 Å². The van der Waals surface area contributed by atoms with Crippen molar-refractivity contribution in [2.75, 3.05) is 20.3 Å². The zero-order valence-electron chi connectivity index (χ0n) is 10.5. The molecule has 6 heteroatoms. The van der Waals surface area contributed by atoms with Gasteiger partial charge in [-0.3, -0.25) is 9.78 Å². The van der Waals surface area contributed by atoms with Crippen LogP contribution in [0.5, 0.6) is 5.75 Å². The molecular formula is C12H18N2O4. The maximum atomic E-state index is 12.1. The number of methoxy groups -OCH3 is 1. The summed E-state index contributed by atoms with van der Waals surface area (Å²) in [5.41, 5.74) is -0.710. The number of aromatic nitrogens is 1. The summed E-state index contributed by atoms with van der Waals surface area (Å²) in [4.78, 5) is 15.9. The van der Waals surface area contributed by atoms with Crippen LogP contribution in [0.2, 0.25) is 0 Å². The number of carbonyl (C=O) groups is 1. The number of rotatable bonds is 6. The molecule has 1 aromatic heterocycles.